The molecule has 0 saturated heterocycles. The lowest BCUT2D eigenvalue weighted by molar-refractivity contribution is 0.478. The van der Waals surface area contributed by atoms with Gasteiger partial charge in [0, 0.05) is 16.9 Å². The molecule has 0 bridgehead atoms. The summed E-state index contributed by atoms with van der Waals surface area (Å²) >= 11 is 0. The van der Waals surface area contributed by atoms with Crippen LogP contribution in [0, 0.1) is 6.92 Å². The number of anilines is 2. The summed E-state index contributed by atoms with van der Waals surface area (Å²) in [6, 6.07) is 6.02. The van der Waals surface area contributed by atoms with Crippen LogP contribution in [-0.2, 0) is 0 Å². The maximum absolute atomic E-state index is 5.73. The lowest BCUT2D eigenvalue weighted by atomic mass is 9.94. The fourth-order valence-electron chi connectivity index (χ4n) is 1.58. The van der Waals surface area contributed by atoms with E-state index in [1.165, 1.54) is 11.3 Å². The molecule has 0 radical (unpaired) electrons. The topological polar surface area (TPSA) is 38.0 Å². The zero-order valence-electron chi connectivity index (χ0n) is 10.2. The molecule has 15 heavy (non-hydrogen) atoms. The third-order valence-electron chi connectivity index (χ3n) is 3.25. The molecule has 84 valence electrons. The van der Waals surface area contributed by atoms with Crippen molar-refractivity contribution in [2.45, 2.75) is 46.1 Å². The smallest absolute Gasteiger partial charge is 0.0375 e. The van der Waals surface area contributed by atoms with E-state index < -0.39 is 0 Å². The van der Waals surface area contributed by atoms with E-state index in [9.17, 15) is 0 Å². The van der Waals surface area contributed by atoms with Crippen molar-refractivity contribution in [3.63, 3.8) is 0 Å². The van der Waals surface area contributed by atoms with Gasteiger partial charge in [-0.3, -0.25) is 0 Å². The Morgan fingerprint density at radius 3 is 2.33 bits per heavy atom. The van der Waals surface area contributed by atoms with Crippen LogP contribution in [0.2, 0.25) is 0 Å². The molecule has 0 saturated carbocycles. The van der Waals surface area contributed by atoms with Crippen LogP contribution in [0.1, 0.15) is 39.2 Å². The second-order valence-electron chi connectivity index (χ2n) is 4.47. The van der Waals surface area contributed by atoms with Crippen molar-refractivity contribution < 1.29 is 0 Å². The first-order chi connectivity index (χ1) is 7.00. The third-order valence-corrected chi connectivity index (χ3v) is 3.25. The lowest BCUT2D eigenvalue weighted by Crippen LogP contribution is -2.33. The van der Waals surface area contributed by atoms with Crippen LogP contribution in [-0.4, -0.2) is 5.54 Å². The molecular weight excluding hydrogens is 184 g/mol. The summed E-state index contributed by atoms with van der Waals surface area (Å²) in [5, 5.41) is 3.59. The first-order valence-electron chi connectivity index (χ1n) is 5.65. The van der Waals surface area contributed by atoms with Gasteiger partial charge in [0.1, 0.15) is 0 Å². The molecule has 0 aliphatic rings. The van der Waals surface area contributed by atoms with Crippen molar-refractivity contribution in [3.8, 4) is 0 Å². The number of rotatable bonds is 4. The zero-order valence-corrected chi connectivity index (χ0v) is 10.2. The van der Waals surface area contributed by atoms with Crippen LogP contribution in [0.15, 0.2) is 18.2 Å². The van der Waals surface area contributed by atoms with Crippen LogP contribution in [0.25, 0.3) is 0 Å². The van der Waals surface area contributed by atoms with E-state index in [1.807, 2.05) is 12.1 Å². The van der Waals surface area contributed by atoms with E-state index in [2.05, 4.69) is 39.1 Å². The Kier molecular flexibility index (Phi) is 3.61. The maximum atomic E-state index is 5.73. The van der Waals surface area contributed by atoms with Crippen molar-refractivity contribution in [2.75, 3.05) is 11.1 Å². The molecule has 0 aromatic heterocycles. The van der Waals surface area contributed by atoms with Crippen LogP contribution in [0.3, 0.4) is 0 Å². The monoisotopic (exact) mass is 206 g/mol. The standard InChI is InChI=1S/C13H22N2/c1-5-13(4,6-2)15-12-8-7-11(14)9-10(12)3/h7-9,15H,5-6,14H2,1-4H3. The van der Waals surface area contributed by atoms with E-state index >= 15 is 0 Å². The van der Waals surface area contributed by atoms with E-state index in [0.29, 0.717) is 0 Å². The summed E-state index contributed by atoms with van der Waals surface area (Å²) in [4.78, 5) is 0. The highest BCUT2D eigenvalue weighted by Gasteiger charge is 2.19. The highest BCUT2D eigenvalue weighted by Crippen LogP contribution is 2.25. The van der Waals surface area contributed by atoms with Crippen LogP contribution < -0.4 is 11.1 Å². The maximum Gasteiger partial charge on any atom is 0.0375 e. The molecule has 0 heterocycles. The Morgan fingerprint density at radius 2 is 1.87 bits per heavy atom. The zero-order chi connectivity index (χ0) is 11.5. The summed E-state index contributed by atoms with van der Waals surface area (Å²) in [5.41, 5.74) is 9.14. The summed E-state index contributed by atoms with van der Waals surface area (Å²) in [7, 11) is 0. The van der Waals surface area contributed by atoms with Gasteiger partial charge in [-0.1, -0.05) is 13.8 Å². The molecule has 1 rings (SSSR count). The summed E-state index contributed by atoms with van der Waals surface area (Å²) in [5.74, 6) is 0. The summed E-state index contributed by atoms with van der Waals surface area (Å²) in [6.45, 7) is 8.76. The van der Waals surface area contributed by atoms with Gasteiger partial charge in [0.25, 0.3) is 0 Å². The van der Waals surface area contributed by atoms with Crippen molar-refractivity contribution in [3.05, 3.63) is 23.8 Å². The fraction of sp³-hybridized carbons (Fsp3) is 0.538. The lowest BCUT2D eigenvalue weighted by Gasteiger charge is -2.30. The molecule has 0 amide bonds. The van der Waals surface area contributed by atoms with E-state index in [-0.39, 0.29) is 5.54 Å². The molecule has 1 aromatic rings. The van der Waals surface area contributed by atoms with E-state index in [0.717, 1.165) is 18.5 Å². The van der Waals surface area contributed by atoms with Crippen molar-refractivity contribution in [1.82, 2.24) is 0 Å². The van der Waals surface area contributed by atoms with Gasteiger partial charge in [0.15, 0.2) is 0 Å². The fourth-order valence-corrected chi connectivity index (χ4v) is 1.58. The van der Waals surface area contributed by atoms with Crippen LogP contribution in [0.5, 0.6) is 0 Å². The molecule has 2 heteroatoms. The SMILES string of the molecule is CCC(C)(CC)Nc1ccc(N)cc1C. The van der Waals surface area contributed by atoms with Gasteiger partial charge in [0.05, 0.1) is 0 Å². The first-order valence-corrected chi connectivity index (χ1v) is 5.65. The number of nitrogen functional groups attached to an aromatic ring is 1. The minimum absolute atomic E-state index is 0.181. The third kappa shape index (κ3) is 2.88. The molecule has 2 nitrogen and oxygen atoms in total. The largest absolute Gasteiger partial charge is 0.399 e. The molecule has 0 aliphatic heterocycles. The van der Waals surface area contributed by atoms with Gasteiger partial charge in [-0.25, -0.2) is 0 Å². The number of benzene rings is 1. The highest BCUT2D eigenvalue weighted by molar-refractivity contribution is 5.58. The van der Waals surface area contributed by atoms with Crippen molar-refractivity contribution >= 4 is 11.4 Å². The van der Waals surface area contributed by atoms with Gasteiger partial charge in [-0.2, -0.15) is 0 Å². The van der Waals surface area contributed by atoms with Gasteiger partial charge in [-0.15, -0.1) is 0 Å². The first kappa shape index (κ1) is 11.9. The quantitative estimate of drug-likeness (QED) is 0.739. The molecule has 0 unspecified atom stereocenters. The predicted molar refractivity (Wildman–Crippen MR) is 68.2 cm³/mol. The van der Waals surface area contributed by atoms with Gasteiger partial charge in [0.2, 0.25) is 0 Å². The van der Waals surface area contributed by atoms with Crippen LogP contribution >= 0.6 is 0 Å². The second kappa shape index (κ2) is 4.56. The summed E-state index contributed by atoms with van der Waals surface area (Å²) < 4.78 is 0. The highest BCUT2D eigenvalue weighted by atomic mass is 15.0. The molecule has 0 atom stereocenters. The van der Waals surface area contributed by atoms with Gasteiger partial charge in [-0.05, 0) is 50.5 Å². The van der Waals surface area contributed by atoms with E-state index in [4.69, 9.17) is 5.73 Å². The molecular formula is C13H22N2. The Hall–Kier alpha value is -1.18. The second-order valence-corrected chi connectivity index (χ2v) is 4.47. The van der Waals surface area contributed by atoms with Crippen molar-refractivity contribution in [2.24, 2.45) is 0 Å². The Balaban J connectivity index is 2.89. The van der Waals surface area contributed by atoms with Gasteiger partial charge < -0.3 is 11.1 Å². The van der Waals surface area contributed by atoms with E-state index in [1.54, 1.807) is 0 Å². The number of aryl methyl sites for hydroxylation is 1. The van der Waals surface area contributed by atoms with Gasteiger partial charge >= 0.3 is 0 Å². The minimum atomic E-state index is 0.181. The Labute approximate surface area is 92.9 Å². The number of hydrogen-bond donors (Lipinski definition) is 2. The molecule has 1 aromatic carbocycles. The molecule has 0 spiro atoms. The average Bonchev–Trinajstić information content (AvgIpc) is 2.22. The van der Waals surface area contributed by atoms with Crippen molar-refractivity contribution in [1.29, 1.82) is 0 Å². The normalized spacial score (nSPS) is 11.5. The number of hydrogen-bond acceptors (Lipinski definition) is 2. The molecule has 0 fully saturated rings. The predicted octanol–water partition coefficient (Wildman–Crippen LogP) is 3.57. The van der Waals surface area contributed by atoms with Crippen LogP contribution in [0.4, 0.5) is 11.4 Å². The molecule has 3 N–H and O–H groups in total. The Morgan fingerprint density at radius 1 is 1.27 bits per heavy atom. The average molecular weight is 206 g/mol. The number of nitrogens with two attached hydrogens (primary N) is 1. The summed E-state index contributed by atoms with van der Waals surface area (Å²) in [6.07, 6.45) is 2.24. The number of nitrogens with one attached hydrogen (secondary N) is 1. The molecule has 0 aliphatic carbocycles. The minimum Gasteiger partial charge on any atom is -0.399 e. The Bertz CT molecular complexity index is 327.